The third-order valence-electron chi connectivity index (χ3n) is 0.841. The maximum atomic E-state index is 11.1. The van der Waals surface area contributed by atoms with Gasteiger partial charge in [0, 0.05) is 10.8 Å². The molecule has 10 heavy (non-hydrogen) atoms. The van der Waals surface area contributed by atoms with Crippen molar-refractivity contribution in [3.63, 3.8) is 0 Å². The van der Waals surface area contributed by atoms with Crippen LogP contribution in [-0.4, -0.2) is 6.79 Å². The maximum absolute atomic E-state index is 11.1. The Balaban J connectivity index is 2.49. The first-order valence-electron chi connectivity index (χ1n) is 2.42. The van der Waals surface area contributed by atoms with Gasteiger partial charge in [-0.1, -0.05) is 0 Å². The molecule has 0 aliphatic carbocycles. The Labute approximate surface area is 69.6 Å². The SMILES string of the molecule is FOCOc1cscc1Br. The lowest BCUT2D eigenvalue weighted by molar-refractivity contribution is -0.184. The zero-order chi connectivity index (χ0) is 7.40. The summed E-state index contributed by atoms with van der Waals surface area (Å²) in [5.41, 5.74) is 0. The average molecular weight is 227 g/mol. The van der Waals surface area contributed by atoms with Gasteiger partial charge < -0.3 is 4.74 Å². The molecule has 0 unspecified atom stereocenters. The monoisotopic (exact) mass is 226 g/mol. The van der Waals surface area contributed by atoms with Crippen LogP contribution in [0.1, 0.15) is 0 Å². The second-order valence-electron chi connectivity index (χ2n) is 1.46. The molecular weight excluding hydrogens is 223 g/mol. The lowest BCUT2D eigenvalue weighted by Gasteiger charge is -1.98. The summed E-state index contributed by atoms with van der Waals surface area (Å²) in [5.74, 6) is 0.600. The molecule has 1 heterocycles. The van der Waals surface area contributed by atoms with E-state index in [4.69, 9.17) is 4.74 Å². The van der Waals surface area contributed by atoms with Crippen LogP contribution < -0.4 is 4.74 Å². The fourth-order valence-electron chi connectivity index (χ4n) is 0.459. The highest BCUT2D eigenvalue weighted by Gasteiger charge is 1.99. The Bertz CT molecular complexity index is 203. The molecule has 0 aromatic carbocycles. The maximum Gasteiger partial charge on any atom is 0.226 e. The molecule has 56 valence electrons. The number of rotatable bonds is 3. The number of hydrogen-bond acceptors (Lipinski definition) is 3. The van der Waals surface area contributed by atoms with E-state index in [1.165, 1.54) is 11.3 Å². The zero-order valence-electron chi connectivity index (χ0n) is 4.84. The highest BCUT2D eigenvalue weighted by atomic mass is 79.9. The summed E-state index contributed by atoms with van der Waals surface area (Å²) < 4.78 is 16.7. The number of thiophene rings is 1. The van der Waals surface area contributed by atoms with Crippen LogP contribution in [0.15, 0.2) is 15.2 Å². The molecule has 0 aliphatic heterocycles. The van der Waals surface area contributed by atoms with Gasteiger partial charge in [0.25, 0.3) is 0 Å². The van der Waals surface area contributed by atoms with Gasteiger partial charge >= 0.3 is 0 Å². The summed E-state index contributed by atoms with van der Waals surface area (Å²) in [6.07, 6.45) is 0. The molecule has 0 aliphatic rings. The molecule has 1 aromatic heterocycles. The number of halogens is 2. The van der Waals surface area contributed by atoms with Crippen LogP contribution in [0.25, 0.3) is 0 Å². The first-order chi connectivity index (χ1) is 4.84. The quantitative estimate of drug-likeness (QED) is 0.739. The lowest BCUT2D eigenvalue weighted by Crippen LogP contribution is -1.95. The van der Waals surface area contributed by atoms with Crippen LogP contribution in [-0.2, 0) is 4.94 Å². The minimum absolute atomic E-state index is 0.366. The molecule has 0 radical (unpaired) electrons. The minimum Gasteiger partial charge on any atom is -0.462 e. The first-order valence-corrected chi connectivity index (χ1v) is 4.16. The van der Waals surface area contributed by atoms with Crippen molar-refractivity contribution < 1.29 is 14.2 Å². The average Bonchev–Trinajstić information content (AvgIpc) is 2.31. The van der Waals surface area contributed by atoms with E-state index in [0.29, 0.717) is 5.75 Å². The van der Waals surface area contributed by atoms with E-state index in [1.54, 1.807) is 5.38 Å². The molecule has 1 rings (SSSR count). The van der Waals surface area contributed by atoms with Gasteiger partial charge in [-0.15, -0.1) is 11.3 Å². The van der Waals surface area contributed by atoms with E-state index < -0.39 is 0 Å². The van der Waals surface area contributed by atoms with Gasteiger partial charge in [-0.3, -0.25) is 0 Å². The van der Waals surface area contributed by atoms with Crippen LogP contribution in [0.5, 0.6) is 5.75 Å². The Kier molecular flexibility index (Phi) is 3.11. The van der Waals surface area contributed by atoms with Crippen molar-refractivity contribution in [1.29, 1.82) is 0 Å². The second kappa shape index (κ2) is 3.90. The molecule has 0 saturated heterocycles. The minimum atomic E-state index is -0.366. The van der Waals surface area contributed by atoms with Crippen molar-refractivity contribution in [1.82, 2.24) is 0 Å². The first kappa shape index (κ1) is 7.97. The van der Waals surface area contributed by atoms with Gasteiger partial charge in [0.05, 0.1) is 4.47 Å². The van der Waals surface area contributed by atoms with Gasteiger partial charge in [0.2, 0.25) is 6.79 Å². The van der Waals surface area contributed by atoms with Gasteiger partial charge in [-0.25, -0.2) is 0 Å². The molecule has 0 spiro atoms. The van der Waals surface area contributed by atoms with Crippen molar-refractivity contribution in [3.05, 3.63) is 15.2 Å². The molecule has 0 fully saturated rings. The Morgan fingerprint density at radius 1 is 1.60 bits per heavy atom. The summed E-state index contributed by atoms with van der Waals surface area (Å²) in [6, 6.07) is 0. The van der Waals surface area contributed by atoms with Gasteiger partial charge in [-0.05, 0) is 20.5 Å². The standard InChI is InChI=1S/C5H4BrFO2S/c6-4-1-10-2-5(4)8-3-9-7/h1-2H,3H2. The fraction of sp³-hybridized carbons (Fsp3) is 0.200. The Morgan fingerprint density at radius 3 is 2.90 bits per heavy atom. The smallest absolute Gasteiger partial charge is 0.226 e. The summed E-state index contributed by atoms with van der Waals surface area (Å²) in [4.78, 5) is 3.23. The largest absolute Gasteiger partial charge is 0.462 e. The molecule has 1 aromatic rings. The predicted octanol–water partition coefficient (Wildman–Crippen LogP) is 2.75. The predicted molar refractivity (Wildman–Crippen MR) is 39.7 cm³/mol. The van der Waals surface area contributed by atoms with Crippen LogP contribution >= 0.6 is 27.3 Å². The van der Waals surface area contributed by atoms with Crippen molar-refractivity contribution in [3.8, 4) is 5.75 Å². The summed E-state index contributed by atoms with van der Waals surface area (Å²) in [6.45, 7) is -0.366. The van der Waals surface area contributed by atoms with Crippen molar-refractivity contribution in [2.45, 2.75) is 0 Å². The van der Waals surface area contributed by atoms with Crippen LogP contribution in [0.2, 0.25) is 0 Å². The molecule has 0 bridgehead atoms. The third-order valence-corrected chi connectivity index (χ3v) is 2.49. The van der Waals surface area contributed by atoms with Crippen LogP contribution in [0.4, 0.5) is 4.53 Å². The highest BCUT2D eigenvalue weighted by Crippen LogP contribution is 2.28. The van der Waals surface area contributed by atoms with Crippen LogP contribution in [0.3, 0.4) is 0 Å². The van der Waals surface area contributed by atoms with Crippen molar-refractivity contribution in [2.24, 2.45) is 0 Å². The fourth-order valence-corrected chi connectivity index (χ4v) is 1.79. The number of ether oxygens (including phenoxy) is 1. The van der Waals surface area contributed by atoms with Crippen molar-refractivity contribution >= 4 is 27.3 Å². The third kappa shape index (κ3) is 1.93. The van der Waals surface area contributed by atoms with E-state index in [-0.39, 0.29) is 6.79 Å². The van der Waals surface area contributed by atoms with E-state index in [0.717, 1.165) is 4.47 Å². The highest BCUT2D eigenvalue weighted by molar-refractivity contribution is 9.10. The molecule has 5 heteroatoms. The molecule has 0 saturated carbocycles. The van der Waals surface area contributed by atoms with Gasteiger partial charge in [-0.2, -0.15) is 4.94 Å². The molecule has 0 amide bonds. The van der Waals surface area contributed by atoms with E-state index in [1.807, 2.05) is 5.38 Å². The summed E-state index contributed by atoms with van der Waals surface area (Å²) in [7, 11) is 0. The molecular formula is C5H4BrFO2S. The molecule has 2 nitrogen and oxygen atoms in total. The Morgan fingerprint density at radius 2 is 2.40 bits per heavy atom. The molecule has 0 atom stereocenters. The summed E-state index contributed by atoms with van der Waals surface area (Å²) >= 11 is 4.67. The second-order valence-corrected chi connectivity index (χ2v) is 3.05. The molecule has 0 N–H and O–H groups in total. The number of hydrogen-bond donors (Lipinski definition) is 0. The van der Waals surface area contributed by atoms with Gasteiger partial charge in [0.15, 0.2) is 0 Å². The van der Waals surface area contributed by atoms with Crippen LogP contribution in [0, 0.1) is 0 Å². The zero-order valence-corrected chi connectivity index (χ0v) is 7.24. The van der Waals surface area contributed by atoms with Gasteiger partial charge in [0.1, 0.15) is 5.75 Å². The van der Waals surface area contributed by atoms with E-state index in [9.17, 15) is 4.53 Å². The normalized spacial score (nSPS) is 9.80. The van der Waals surface area contributed by atoms with Crippen molar-refractivity contribution in [2.75, 3.05) is 6.79 Å². The Hall–Kier alpha value is -0.130. The van der Waals surface area contributed by atoms with E-state index in [2.05, 4.69) is 20.9 Å². The summed E-state index contributed by atoms with van der Waals surface area (Å²) in [5, 5.41) is 3.59. The lowest BCUT2D eigenvalue weighted by atomic mass is 10.6. The van der Waals surface area contributed by atoms with E-state index >= 15 is 0 Å². The topological polar surface area (TPSA) is 18.5 Å².